The van der Waals surface area contributed by atoms with E-state index < -0.39 is 0 Å². The molecule has 0 unspecified atom stereocenters. The minimum absolute atomic E-state index is 0.136. The molecule has 0 fully saturated rings. The van der Waals surface area contributed by atoms with Gasteiger partial charge >= 0.3 is 0 Å². The van der Waals surface area contributed by atoms with Crippen LogP contribution in [0.25, 0.3) is 16.9 Å². The number of ketones is 1. The fraction of sp³-hybridized carbons (Fsp3) is 0.120. The van der Waals surface area contributed by atoms with Gasteiger partial charge in [-0.3, -0.25) is 14.0 Å². The van der Waals surface area contributed by atoms with E-state index in [0.29, 0.717) is 22.6 Å². The highest BCUT2D eigenvalue weighted by Gasteiger charge is 2.19. The highest BCUT2D eigenvalue weighted by atomic mass is 16.2. The first-order valence-corrected chi connectivity index (χ1v) is 9.75. The number of benzene rings is 2. The highest BCUT2D eigenvalue weighted by Crippen LogP contribution is 2.26. The van der Waals surface area contributed by atoms with Crippen LogP contribution < -0.4 is 4.90 Å². The number of fused-ring (bicyclic) bond motifs is 1. The van der Waals surface area contributed by atoms with Crippen LogP contribution >= 0.6 is 0 Å². The maximum Gasteiger partial charge on any atom is 0.224 e. The van der Waals surface area contributed by atoms with E-state index in [0.717, 1.165) is 16.8 Å². The van der Waals surface area contributed by atoms with Crippen LogP contribution in [0, 0.1) is 19.3 Å². The number of nitrogens with zero attached hydrogens (tertiary/aromatic N) is 4. The van der Waals surface area contributed by atoms with Gasteiger partial charge < -0.3 is 4.90 Å². The molecule has 6 heteroatoms. The van der Waals surface area contributed by atoms with Gasteiger partial charge in [0.1, 0.15) is 6.33 Å². The van der Waals surface area contributed by atoms with Crippen molar-refractivity contribution in [3.8, 4) is 23.6 Å². The number of aromatic nitrogens is 3. The lowest BCUT2D eigenvalue weighted by atomic mass is 10.1. The van der Waals surface area contributed by atoms with Crippen LogP contribution in [-0.4, -0.2) is 32.6 Å². The van der Waals surface area contributed by atoms with E-state index in [1.54, 1.807) is 29.1 Å². The molecule has 152 valence electrons. The molecule has 2 heterocycles. The molecule has 0 aliphatic heterocycles. The average molecular weight is 408 g/mol. The number of amides is 1. The van der Waals surface area contributed by atoms with Crippen molar-refractivity contribution in [3.63, 3.8) is 0 Å². The monoisotopic (exact) mass is 408 g/mol. The molecule has 2 aromatic carbocycles. The fourth-order valence-corrected chi connectivity index (χ4v) is 3.45. The third kappa shape index (κ3) is 3.81. The van der Waals surface area contributed by atoms with Crippen LogP contribution in [0.5, 0.6) is 0 Å². The number of imidazole rings is 1. The second kappa shape index (κ2) is 8.25. The van der Waals surface area contributed by atoms with Gasteiger partial charge in [-0.15, -0.1) is 6.42 Å². The summed E-state index contributed by atoms with van der Waals surface area (Å²) in [5.41, 5.74) is 4.75. The summed E-state index contributed by atoms with van der Waals surface area (Å²) < 4.78 is 1.78. The van der Waals surface area contributed by atoms with E-state index in [9.17, 15) is 9.59 Å². The zero-order valence-corrected chi connectivity index (χ0v) is 17.2. The van der Waals surface area contributed by atoms with Gasteiger partial charge in [0.05, 0.1) is 12.2 Å². The molecule has 6 nitrogen and oxygen atoms in total. The van der Waals surface area contributed by atoms with Gasteiger partial charge in [0.25, 0.3) is 0 Å². The number of aryl methyl sites for hydroxylation is 1. The van der Waals surface area contributed by atoms with Gasteiger partial charge in [-0.05, 0) is 25.1 Å². The first-order chi connectivity index (χ1) is 15.0. The lowest BCUT2D eigenvalue weighted by Crippen LogP contribution is -2.28. The summed E-state index contributed by atoms with van der Waals surface area (Å²) in [6.07, 6.45) is 8.66. The Balaban J connectivity index is 1.78. The first-order valence-electron chi connectivity index (χ1n) is 9.75. The smallest absolute Gasteiger partial charge is 0.224 e. The fourth-order valence-electron chi connectivity index (χ4n) is 3.45. The predicted octanol–water partition coefficient (Wildman–Crippen LogP) is 3.92. The number of carbonyl (C=O) groups is 2. The molecule has 0 aliphatic rings. The van der Waals surface area contributed by atoms with E-state index in [1.165, 1.54) is 11.8 Å². The molecule has 0 atom stereocenters. The summed E-state index contributed by atoms with van der Waals surface area (Å²) in [7, 11) is 0. The number of carbonyl (C=O) groups excluding carboxylic acids is 2. The van der Waals surface area contributed by atoms with Crippen molar-refractivity contribution in [2.75, 3.05) is 11.4 Å². The van der Waals surface area contributed by atoms with Gasteiger partial charge in [-0.2, -0.15) is 0 Å². The van der Waals surface area contributed by atoms with Gasteiger partial charge in [-0.25, -0.2) is 9.97 Å². The summed E-state index contributed by atoms with van der Waals surface area (Å²) in [6.45, 7) is 3.64. The van der Waals surface area contributed by atoms with E-state index in [1.807, 2.05) is 49.4 Å². The van der Waals surface area contributed by atoms with E-state index in [4.69, 9.17) is 6.42 Å². The molecule has 31 heavy (non-hydrogen) atoms. The summed E-state index contributed by atoms with van der Waals surface area (Å²) in [5.74, 6) is 2.20. The zero-order chi connectivity index (χ0) is 22.0. The molecule has 4 rings (SSSR count). The van der Waals surface area contributed by atoms with Crippen LogP contribution in [0.4, 0.5) is 5.69 Å². The Morgan fingerprint density at radius 3 is 2.58 bits per heavy atom. The van der Waals surface area contributed by atoms with Gasteiger partial charge in [-0.1, -0.05) is 47.9 Å². The Morgan fingerprint density at radius 1 is 1.10 bits per heavy atom. The van der Waals surface area contributed by atoms with Crippen molar-refractivity contribution in [3.05, 3.63) is 83.9 Å². The SMILES string of the molecule is C#CCN(C(C)=O)c1cccc(-c2ccnc3c(C(=O)c4ccc(C)cc4)ncn23)c1. The minimum atomic E-state index is -0.183. The van der Waals surface area contributed by atoms with Crippen molar-refractivity contribution in [2.24, 2.45) is 0 Å². The molecule has 0 aliphatic carbocycles. The second-order valence-corrected chi connectivity index (χ2v) is 7.17. The quantitative estimate of drug-likeness (QED) is 0.371. The molecular weight excluding hydrogens is 388 g/mol. The Bertz CT molecular complexity index is 1330. The van der Waals surface area contributed by atoms with Crippen LogP contribution in [0.3, 0.4) is 0 Å². The predicted molar refractivity (Wildman–Crippen MR) is 120 cm³/mol. The summed E-state index contributed by atoms with van der Waals surface area (Å²) in [5, 5.41) is 0. The maximum absolute atomic E-state index is 13.0. The van der Waals surface area contributed by atoms with Crippen LogP contribution in [0.2, 0.25) is 0 Å². The van der Waals surface area contributed by atoms with Crippen molar-refractivity contribution in [1.29, 1.82) is 0 Å². The minimum Gasteiger partial charge on any atom is -0.301 e. The largest absolute Gasteiger partial charge is 0.301 e. The summed E-state index contributed by atoms with van der Waals surface area (Å²) in [4.78, 5) is 35.3. The Kier molecular flexibility index (Phi) is 5.33. The molecule has 0 radical (unpaired) electrons. The lowest BCUT2D eigenvalue weighted by Gasteiger charge is -2.19. The van der Waals surface area contributed by atoms with Gasteiger partial charge in [0, 0.05) is 29.9 Å². The van der Waals surface area contributed by atoms with Crippen molar-refractivity contribution >= 4 is 23.0 Å². The topological polar surface area (TPSA) is 67.6 Å². The van der Waals surface area contributed by atoms with Crippen molar-refractivity contribution in [2.45, 2.75) is 13.8 Å². The van der Waals surface area contributed by atoms with E-state index in [2.05, 4.69) is 15.9 Å². The summed E-state index contributed by atoms with van der Waals surface area (Å²) in [6, 6.07) is 16.7. The number of terminal acetylenes is 1. The first kappa shape index (κ1) is 20.0. The van der Waals surface area contributed by atoms with Crippen LogP contribution in [0.1, 0.15) is 28.5 Å². The number of rotatable bonds is 5. The zero-order valence-electron chi connectivity index (χ0n) is 17.2. The standard InChI is InChI=1S/C25H20N4O2/c1-4-14-28(18(3)30)21-7-5-6-20(15-21)22-12-13-26-25-23(27-16-29(22)25)24(31)19-10-8-17(2)9-11-19/h1,5-13,15-16H,14H2,2-3H3. The molecule has 1 amide bonds. The Labute approximate surface area is 180 Å². The lowest BCUT2D eigenvalue weighted by molar-refractivity contribution is -0.116. The maximum atomic E-state index is 13.0. The Hall–Kier alpha value is -4.24. The number of anilines is 1. The van der Waals surface area contributed by atoms with Gasteiger partial charge in [0.15, 0.2) is 11.3 Å². The third-order valence-corrected chi connectivity index (χ3v) is 5.04. The number of hydrogen-bond donors (Lipinski definition) is 0. The van der Waals surface area contributed by atoms with Crippen molar-refractivity contribution in [1.82, 2.24) is 14.4 Å². The number of hydrogen-bond acceptors (Lipinski definition) is 4. The molecule has 4 aromatic rings. The second-order valence-electron chi connectivity index (χ2n) is 7.17. The molecule has 0 bridgehead atoms. The molecule has 0 N–H and O–H groups in total. The summed E-state index contributed by atoms with van der Waals surface area (Å²) >= 11 is 0. The molecule has 0 saturated carbocycles. The van der Waals surface area contributed by atoms with Crippen LogP contribution in [-0.2, 0) is 4.79 Å². The highest BCUT2D eigenvalue weighted by molar-refractivity contribution is 6.11. The van der Waals surface area contributed by atoms with E-state index in [-0.39, 0.29) is 18.2 Å². The van der Waals surface area contributed by atoms with Gasteiger partial charge in [0.2, 0.25) is 11.7 Å². The van der Waals surface area contributed by atoms with Crippen LogP contribution in [0.15, 0.2) is 67.1 Å². The molecule has 2 aromatic heterocycles. The van der Waals surface area contributed by atoms with Crippen molar-refractivity contribution < 1.29 is 9.59 Å². The molecule has 0 saturated heterocycles. The average Bonchev–Trinajstić information content (AvgIpc) is 3.21. The molecule has 0 spiro atoms. The third-order valence-electron chi connectivity index (χ3n) is 5.04. The molecular formula is C25H20N4O2. The van der Waals surface area contributed by atoms with E-state index >= 15 is 0 Å². The normalized spacial score (nSPS) is 10.6. The Morgan fingerprint density at radius 2 is 1.87 bits per heavy atom.